The summed E-state index contributed by atoms with van der Waals surface area (Å²) in [5.41, 5.74) is 0. The van der Waals surface area contributed by atoms with Gasteiger partial charge in [0.25, 0.3) is 0 Å². The van der Waals surface area contributed by atoms with Gasteiger partial charge in [-0.25, -0.2) is 0 Å². The highest BCUT2D eigenvalue weighted by atomic mass is 16.3. The maximum absolute atomic E-state index is 10.3. The van der Waals surface area contributed by atoms with Crippen LogP contribution >= 0.6 is 0 Å². The lowest BCUT2D eigenvalue weighted by molar-refractivity contribution is -0.0597. The van der Waals surface area contributed by atoms with Crippen LogP contribution in [0.15, 0.2) is 0 Å². The molecule has 0 aliphatic heterocycles. The molecule has 0 saturated heterocycles. The maximum atomic E-state index is 10.3. The van der Waals surface area contributed by atoms with Gasteiger partial charge in [0.05, 0.1) is 6.10 Å². The number of aliphatic hydroxyl groups is 2. The Balaban J connectivity index is 2.07. The molecule has 0 heterocycles. The molecule has 0 aromatic rings. The Morgan fingerprint density at radius 2 is 1.93 bits per heavy atom. The summed E-state index contributed by atoms with van der Waals surface area (Å²) in [6, 6.07) is 0. The van der Waals surface area contributed by atoms with E-state index < -0.39 is 0 Å². The molecular weight excluding hydrogens is 188 g/mol. The second-order valence-electron chi connectivity index (χ2n) is 5.59. The molecule has 2 nitrogen and oxygen atoms in total. The summed E-state index contributed by atoms with van der Waals surface area (Å²) < 4.78 is 0. The van der Waals surface area contributed by atoms with Crippen LogP contribution in [0, 0.1) is 23.7 Å². The van der Waals surface area contributed by atoms with E-state index in [4.69, 9.17) is 5.11 Å². The lowest BCUT2D eigenvalue weighted by Crippen LogP contribution is -2.44. The molecule has 2 saturated carbocycles. The van der Waals surface area contributed by atoms with E-state index >= 15 is 0 Å². The van der Waals surface area contributed by atoms with Crippen LogP contribution in [0.2, 0.25) is 0 Å². The van der Waals surface area contributed by atoms with Crippen molar-refractivity contribution in [1.29, 1.82) is 0 Å². The molecular formula is C13H24O2. The standard InChI is InChI=1S/C13H24O2/c1-9-5-6-10-3-2-4-11(7-8-14)12(10)13(9)15/h9-15H,2-8H2,1H3/t9-,10+,11-,12+,13-/m0/s1. The smallest absolute Gasteiger partial charge is 0.0599 e. The summed E-state index contributed by atoms with van der Waals surface area (Å²) in [4.78, 5) is 0. The first-order chi connectivity index (χ1) is 7.24. The molecule has 15 heavy (non-hydrogen) atoms. The van der Waals surface area contributed by atoms with E-state index in [0.717, 1.165) is 12.3 Å². The topological polar surface area (TPSA) is 40.5 Å². The van der Waals surface area contributed by atoms with Gasteiger partial charge in [-0.1, -0.05) is 19.8 Å². The van der Waals surface area contributed by atoms with Crippen LogP contribution in [-0.2, 0) is 0 Å². The Morgan fingerprint density at radius 3 is 2.67 bits per heavy atom. The molecule has 0 bridgehead atoms. The molecule has 0 spiro atoms. The SMILES string of the molecule is C[C@H]1CC[C@H]2CCC[C@@H](CCO)[C@@H]2[C@H]1O. The monoisotopic (exact) mass is 212 g/mol. The fraction of sp³-hybridized carbons (Fsp3) is 1.00. The first-order valence-corrected chi connectivity index (χ1v) is 6.53. The van der Waals surface area contributed by atoms with Gasteiger partial charge in [-0.15, -0.1) is 0 Å². The van der Waals surface area contributed by atoms with Crippen LogP contribution in [0.4, 0.5) is 0 Å². The van der Waals surface area contributed by atoms with Gasteiger partial charge in [0.2, 0.25) is 0 Å². The molecule has 2 N–H and O–H groups in total. The van der Waals surface area contributed by atoms with E-state index in [0.29, 0.717) is 17.8 Å². The van der Waals surface area contributed by atoms with Gasteiger partial charge in [-0.2, -0.15) is 0 Å². The highest BCUT2D eigenvalue weighted by Crippen LogP contribution is 2.46. The highest BCUT2D eigenvalue weighted by Gasteiger charge is 2.42. The molecule has 0 radical (unpaired) electrons. The minimum absolute atomic E-state index is 0.111. The van der Waals surface area contributed by atoms with E-state index in [-0.39, 0.29) is 12.7 Å². The van der Waals surface area contributed by atoms with E-state index in [1.54, 1.807) is 0 Å². The van der Waals surface area contributed by atoms with Gasteiger partial charge in [0.1, 0.15) is 0 Å². The van der Waals surface area contributed by atoms with Crippen LogP contribution in [0.3, 0.4) is 0 Å². The average molecular weight is 212 g/mol. The van der Waals surface area contributed by atoms with Crippen molar-refractivity contribution in [2.45, 2.75) is 51.6 Å². The summed E-state index contributed by atoms with van der Waals surface area (Å²) in [5.74, 6) is 2.26. The minimum atomic E-state index is -0.111. The highest BCUT2D eigenvalue weighted by molar-refractivity contribution is 4.92. The summed E-state index contributed by atoms with van der Waals surface area (Å²) in [6.45, 7) is 2.46. The van der Waals surface area contributed by atoms with Gasteiger partial charge in [-0.3, -0.25) is 0 Å². The molecule has 0 unspecified atom stereocenters. The number of rotatable bonds is 2. The normalized spacial score (nSPS) is 46.2. The van der Waals surface area contributed by atoms with Gasteiger partial charge in [-0.05, 0) is 49.4 Å². The zero-order valence-corrected chi connectivity index (χ0v) is 9.73. The quantitative estimate of drug-likeness (QED) is 0.736. The molecule has 5 atom stereocenters. The molecule has 2 aliphatic carbocycles. The Morgan fingerprint density at radius 1 is 1.13 bits per heavy atom. The lowest BCUT2D eigenvalue weighted by atomic mass is 9.61. The second-order valence-corrected chi connectivity index (χ2v) is 5.59. The zero-order chi connectivity index (χ0) is 10.8. The third kappa shape index (κ3) is 2.21. The predicted molar refractivity (Wildman–Crippen MR) is 60.4 cm³/mol. The molecule has 2 aliphatic rings. The largest absolute Gasteiger partial charge is 0.396 e. The number of aliphatic hydroxyl groups excluding tert-OH is 2. The zero-order valence-electron chi connectivity index (χ0n) is 9.73. The van der Waals surface area contributed by atoms with Crippen molar-refractivity contribution in [2.75, 3.05) is 6.61 Å². The van der Waals surface area contributed by atoms with Gasteiger partial charge < -0.3 is 10.2 Å². The second kappa shape index (κ2) is 4.84. The minimum Gasteiger partial charge on any atom is -0.396 e. The van der Waals surface area contributed by atoms with Crippen molar-refractivity contribution in [3.63, 3.8) is 0 Å². The maximum Gasteiger partial charge on any atom is 0.0599 e. The number of fused-ring (bicyclic) bond motifs is 1. The Bertz CT molecular complexity index is 201. The number of hydrogen-bond donors (Lipinski definition) is 2. The van der Waals surface area contributed by atoms with Crippen LogP contribution in [0.1, 0.15) is 45.4 Å². The van der Waals surface area contributed by atoms with E-state index in [2.05, 4.69) is 6.92 Å². The van der Waals surface area contributed by atoms with Gasteiger partial charge >= 0.3 is 0 Å². The van der Waals surface area contributed by atoms with Gasteiger partial charge in [0.15, 0.2) is 0 Å². The lowest BCUT2D eigenvalue weighted by Gasteiger charge is -2.46. The Hall–Kier alpha value is -0.0800. The van der Waals surface area contributed by atoms with Crippen molar-refractivity contribution >= 4 is 0 Å². The van der Waals surface area contributed by atoms with E-state index in [9.17, 15) is 5.11 Å². The third-order valence-electron chi connectivity index (χ3n) is 4.71. The predicted octanol–water partition coefficient (Wildman–Crippen LogP) is 2.19. The van der Waals surface area contributed by atoms with Crippen molar-refractivity contribution in [3.05, 3.63) is 0 Å². The average Bonchev–Trinajstić information content (AvgIpc) is 2.24. The molecule has 0 aromatic carbocycles. The molecule has 2 rings (SSSR count). The van der Waals surface area contributed by atoms with Crippen molar-refractivity contribution < 1.29 is 10.2 Å². The van der Waals surface area contributed by atoms with Crippen molar-refractivity contribution in [1.82, 2.24) is 0 Å². The van der Waals surface area contributed by atoms with Crippen LogP contribution in [-0.4, -0.2) is 22.9 Å². The fourth-order valence-corrected chi connectivity index (χ4v) is 3.84. The summed E-state index contributed by atoms with van der Waals surface area (Å²) in [7, 11) is 0. The summed E-state index contributed by atoms with van der Waals surface area (Å²) in [6.07, 6.45) is 7.08. The summed E-state index contributed by atoms with van der Waals surface area (Å²) in [5, 5.41) is 19.4. The Labute approximate surface area is 92.7 Å². The number of hydrogen-bond acceptors (Lipinski definition) is 2. The summed E-state index contributed by atoms with van der Waals surface area (Å²) >= 11 is 0. The van der Waals surface area contributed by atoms with Gasteiger partial charge in [0, 0.05) is 6.61 Å². The van der Waals surface area contributed by atoms with Crippen LogP contribution in [0.25, 0.3) is 0 Å². The van der Waals surface area contributed by atoms with E-state index in [1.807, 2.05) is 0 Å². The van der Waals surface area contributed by atoms with Crippen molar-refractivity contribution in [2.24, 2.45) is 23.7 Å². The molecule has 0 amide bonds. The molecule has 0 aromatic heterocycles. The Kier molecular flexibility index (Phi) is 3.68. The fourth-order valence-electron chi connectivity index (χ4n) is 3.84. The van der Waals surface area contributed by atoms with Crippen LogP contribution < -0.4 is 0 Å². The first kappa shape index (κ1) is 11.4. The third-order valence-corrected chi connectivity index (χ3v) is 4.71. The molecule has 2 heteroatoms. The van der Waals surface area contributed by atoms with Crippen molar-refractivity contribution in [3.8, 4) is 0 Å². The molecule has 88 valence electrons. The van der Waals surface area contributed by atoms with Crippen LogP contribution in [0.5, 0.6) is 0 Å². The molecule has 2 fully saturated rings. The van der Waals surface area contributed by atoms with E-state index in [1.165, 1.54) is 32.1 Å². The first-order valence-electron chi connectivity index (χ1n) is 6.53.